The Morgan fingerprint density at radius 1 is 1.04 bits per heavy atom. The van der Waals surface area contributed by atoms with E-state index in [-0.39, 0.29) is 23.5 Å². The van der Waals surface area contributed by atoms with Crippen LogP contribution in [0.15, 0.2) is 45.8 Å². The zero-order valence-electron chi connectivity index (χ0n) is 15.4. The fourth-order valence-electron chi connectivity index (χ4n) is 2.61. The third-order valence-corrected chi connectivity index (χ3v) is 4.42. The summed E-state index contributed by atoms with van der Waals surface area (Å²) >= 11 is 3.31. The molecule has 2 heterocycles. The summed E-state index contributed by atoms with van der Waals surface area (Å²) in [7, 11) is 4.38. The number of halogens is 1. The second-order valence-corrected chi connectivity index (χ2v) is 6.56. The third kappa shape index (κ3) is 3.94. The van der Waals surface area contributed by atoms with E-state index in [0.29, 0.717) is 22.8 Å². The molecule has 2 aromatic heterocycles. The highest BCUT2D eigenvalue weighted by Crippen LogP contribution is 2.35. The molecule has 0 bridgehead atoms. The highest BCUT2D eigenvalue weighted by molar-refractivity contribution is 9.10. The highest BCUT2D eigenvalue weighted by Gasteiger charge is 2.19. The van der Waals surface area contributed by atoms with Gasteiger partial charge in [0.25, 0.3) is 5.56 Å². The number of aromatic nitrogens is 2. The molecular formula is C19H17BrN2O6. The first-order valence-electron chi connectivity index (χ1n) is 8.11. The maximum absolute atomic E-state index is 12.5. The molecule has 0 aliphatic rings. The SMILES string of the molecule is COc1cc(OC)c(C(=O)OCc2cc(=O)n3cc(Br)ccc3n2)cc1OC. The van der Waals surface area contributed by atoms with Gasteiger partial charge >= 0.3 is 5.97 Å². The van der Waals surface area contributed by atoms with Crippen LogP contribution in [-0.2, 0) is 11.3 Å². The largest absolute Gasteiger partial charge is 0.496 e. The molecule has 0 radical (unpaired) electrons. The average Bonchev–Trinajstić information content (AvgIpc) is 2.71. The highest BCUT2D eigenvalue weighted by atomic mass is 79.9. The number of rotatable bonds is 6. The van der Waals surface area contributed by atoms with Crippen LogP contribution in [0.25, 0.3) is 5.65 Å². The van der Waals surface area contributed by atoms with Gasteiger partial charge in [-0.25, -0.2) is 9.78 Å². The maximum Gasteiger partial charge on any atom is 0.342 e. The average molecular weight is 449 g/mol. The molecule has 3 rings (SSSR count). The summed E-state index contributed by atoms with van der Waals surface area (Å²) in [5, 5.41) is 0. The number of benzene rings is 1. The lowest BCUT2D eigenvalue weighted by atomic mass is 10.1. The summed E-state index contributed by atoms with van der Waals surface area (Å²) in [6, 6.07) is 7.78. The van der Waals surface area contributed by atoms with Crippen molar-refractivity contribution in [3.05, 3.63) is 62.6 Å². The summed E-state index contributed by atoms with van der Waals surface area (Å²) in [6.07, 6.45) is 1.62. The Morgan fingerprint density at radius 2 is 1.71 bits per heavy atom. The molecule has 146 valence electrons. The van der Waals surface area contributed by atoms with E-state index in [1.165, 1.54) is 43.9 Å². The standard InChI is InChI=1S/C19H17BrN2O6/c1-25-14-8-16(27-3)15(26-2)7-13(14)19(24)28-10-12-6-18(23)22-9-11(20)4-5-17(22)21-12/h4-9H,10H2,1-3H3. The normalized spacial score (nSPS) is 10.6. The first kappa shape index (κ1) is 19.7. The van der Waals surface area contributed by atoms with E-state index in [2.05, 4.69) is 20.9 Å². The van der Waals surface area contributed by atoms with Crippen molar-refractivity contribution in [1.29, 1.82) is 0 Å². The minimum absolute atomic E-state index is 0.168. The van der Waals surface area contributed by atoms with Crippen LogP contribution in [0, 0.1) is 0 Å². The molecule has 0 saturated carbocycles. The molecule has 0 N–H and O–H groups in total. The van der Waals surface area contributed by atoms with E-state index in [9.17, 15) is 9.59 Å². The molecule has 0 aliphatic carbocycles. The second kappa shape index (κ2) is 8.30. The molecule has 0 amide bonds. The number of hydrogen-bond acceptors (Lipinski definition) is 7. The van der Waals surface area contributed by atoms with E-state index in [0.717, 1.165) is 4.47 Å². The van der Waals surface area contributed by atoms with Crippen LogP contribution < -0.4 is 19.8 Å². The minimum Gasteiger partial charge on any atom is -0.496 e. The monoisotopic (exact) mass is 448 g/mol. The molecule has 0 spiro atoms. The van der Waals surface area contributed by atoms with Crippen molar-refractivity contribution in [1.82, 2.24) is 9.38 Å². The summed E-state index contributed by atoms with van der Waals surface area (Å²) in [5.74, 6) is 0.420. The van der Waals surface area contributed by atoms with Gasteiger partial charge in [-0.05, 0) is 28.1 Å². The molecule has 3 aromatic rings. The maximum atomic E-state index is 12.5. The summed E-state index contributed by atoms with van der Waals surface area (Å²) in [5.41, 5.74) is 0.674. The van der Waals surface area contributed by atoms with Gasteiger partial charge in [0.1, 0.15) is 23.6 Å². The quantitative estimate of drug-likeness (QED) is 0.535. The number of methoxy groups -OCH3 is 3. The van der Waals surface area contributed by atoms with Crippen molar-refractivity contribution in [2.45, 2.75) is 6.61 Å². The molecular weight excluding hydrogens is 432 g/mol. The van der Waals surface area contributed by atoms with Gasteiger partial charge < -0.3 is 18.9 Å². The fourth-order valence-corrected chi connectivity index (χ4v) is 2.94. The summed E-state index contributed by atoms with van der Waals surface area (Å²) < 4.78 is 23.1. The number of ether oxygens (including phenoxy) is 4. The number of esters is 1. The van der Waals surface area contributed by atoms with Crippen molar-refractivity contribution < 1.29 is 23.7 Å². The predicted molar refractivity (Wildman–Crippen MR) is 104 cm³/mol. The van der Waals surface area contributed by atoms with Crippen molar-refractivity contribution in [2.24, 2.45) is 0 Å². The Morgan fingerprint density at radius 3 is 2.39 bits per heavy atom. The molecule has 0 atom stereocenters. The van der Waals surface area contributed by atoms with Gasteiger partial charge in [0.15, 0.2) is 11.5 Å². The van der Waals surface area contributed by atoms with E-state index in [4.69, 9.17) is 18.9 Å². The van der Waals surface area contributed by atoms with Crippen LogP contribution in [0.2, 0.25) is 0 Å². The number of nitrogens with zero attached hydrogens (tertiary/aromatic N) is 2. The molecule has 28 heavy (non-hydrogen) atoms. The summed E-state index contributed by atoms with van der Waals surface area (Å²) in [4.78, 5) is 29.1. The molecule has 8 nitrogen and oxygen atoms in total. The van der Waals surface area contributed by atoms with Crippen LogP contribution in [0.1, 0.15) is 16.1 Å². The van der Waals surface area contributed by atoms with Gasteiger partial charge in [0.05, 0.1) is 27.0 Å². The lowest BCUT2D eigenvalue weighted by Gasteiger charge is -2.13. The third-order valence-electron chi connectivity index (χ3n) is 3.95. The number of hydrogen-bond donors (Lipinski definition) is 0. The zero-order chi connectivity index (χ0) is 20.3. The minimum atomic E-state index is -0.643. The van der Waals surface area contributed by atoms with Gasteiger partial charge in [0.2, 0.25) is 0 Å². The molecule has 1 aromatic carbocycles. The van der Waals surface area contributed by atoms with Gasteiger partial charge in [-0.3, -0.25) is 9.20 Å². The lowest BCUT2D eigenvalue weighted by molar-refractivity contribution is 0.0463. The molecule has 0 unspecified atom stereocenters. The first-order chi connectivity index (χ1) is 13.5. The summed E-state index contributed by atoms with van der Waals surface area (Å²) in [6.45, 7) is -0.169. The Bertz CT molecular complexity index is 1100. The topological polar surface area (TPSA) is 88.4 Å². The Labute approximate surface area is 168 Å². The van der Waals surface area contributed by atoms with E-state index < -0.39 is 5.97 Å². The van der Waals surface area contributed by atoms with E-state index >= 15 is 0 Å². The Kier molecular flexibility index (Phi) is 5.84. The molecule has 0 saturated heterocycles. The zero-order valence-corrected chi connectivity index (χ0v) is 17.0. The van der Waals surface area contributed by atoms with Crippen LogP contribution in [0.3, 0.4) is 0 Å². The second-order valence-electron chi connectivity index (χ2n) is 5.64. The van der Waals surface area contributed by atoms with E-state index in [1.54, 1.807) is 18.3 Å². The van der Waals surface area contributed by atoms with Crippen molar-refractivity contribution >= 4 is 27.5 Å². The van der Waals surface area contributed by atoms with Crippen molar-refractivity contribution in [3.8, 4) is 17.2 Å². The van der Waals surface area contributed by atoms with Gasteiger partial charge in [0, 0.05) is 28.9 Å². The Balaban J connectivity index is 1.85. The van der Waals surface area contributed by atoms with Crippen LogP contribution in [0.5, 0.6) is 17.2 Å². The first-order valence-corrected chi connectivity index (χ1v) is 8.91. The molecule has 0 fully saturated rings. The number of fused-ring (bicyclic) bond motifs is 1. The van der Waals surface area contributed by atoms with Crippen molar-refractivity contribution in [2.75, 3.05) is 21.3 Å². The van der Waals surface area contributed by atoms with Crippen molar-refractivity contribution in [3.63, 3.8) is 0 Å². The lowest BCUT2D eigenvalue weighted by Crippen LogP contribution is -2.16. The predicted octanol–water partition coefficient (Wildman–Crippen LogP) is 2.84. The van der Waals surface area contributed by atoms with Crippen LogP contribution in [0.4, 0.5) is 0 Å². The fraction of sp³-hybridized carbons (Fsp3) is 0.211. The van der Waals surface area contributed by atoms with E-state index in [1.807, 2.05) is 0 Å². The van der Waals surface area contributed by atoms with Crippen LogP contribution in [-0.4, -0.2) is 36.7 Å². The van der Waals surface area contributed by atoms with Crippen LogP contribution >= 0.6 is 15.9 Å². The number of carbonyl (C=O) groups is 1. The van der Waals surface area contributed by atoms with Gasteiger partial charge in [-0.1, -0.05) is 0 Å². The Hall–Kier alpha value is -3.07. The molecule has 9 heteroatoms. The molecule has 0 aliphatic heterocycles. The smallest absolute Gasteiger partial charge is 0.342 e. The van der Waals surface area contributed by atoms with Gasteiger partial charge in [-0.15, -0.1) is 0 Å². The number of pyridine rings is 1. The number of carbonyl (C=O) groups excluding carboxylic acids is 1. The van der Waals surface area contributed by atoms with Gasteiger partial charge in [-0.2, -0.15) is 0 Å².